The molecule has 1 unspecified atom stereocenters. The van der Waals surface area contributed by atoms with Gasteiger partial charge < -0.3 is 15.5 Å². The van der Waals surface area contributed by atoms with Crippen molar-refractivity contribution in [3.8, 4) is 0 Å². The number of rotatable bonds is 5. The molecule has 2 aliphatic rings. The molecule has 1 aliphatic carbocycles. The lowest BCUT2D eigenvalue weighted by Gasteiger charge is -2.31. The summed E-state index contributed by atoms with van der Waals surface area (Å²) in [5, 5.41) is 6.19. The van der Waals surface area contributed by atoms with Gasteiger partial charge in [-0.3, -0.25) is 9.59 Å². The summed E-state index contributed by atoms with van der Waals surface area (Å²) < 4.78 is 0. The maximum Gasteiger partial charge on any atom is 0.241 e. The highest BCUT2D eigenvalue weighted by Gasteiger charge is 2.29. The first kappa shape index (κ1) is 16.8. The summed E-state index contributed by atoms with van der Waals surface area (Å²) in [5.74, 6) is 1.02. The summed E-state index contributed by atoms with van der Waals surface area (Å²) in [5.41, 5.74) is 2.76. The summed E-state index contributed by atoms with van der Waals surface area (Å²) in [7, 11) is 0. The molecule has 24 heavy (non-hydrogen) atoms. The minimum atomic E-state index is 0.100. The number of benzene rings is 1. The van der Waals surface area contributed by atoms with Gasteiger partial charge in [-0.25, -0.2) is 0 Å². The molecule has 3 rings (SSSR count). The number of aryl methyl sites for hydroxylation is 1. The molecule has 0 aromatic heterocycles. The molecular formula is C19H27N3O2. The summed E-state index contributed by atoms with van der Waals surface area (Å²) in [6.45, 7) is 6.22. The third kappa shape index (κ3) is 4.28. The number of likely N-dealkylation sites (tertiary alicyclic amines) is 1. The van der Waals surface area contributed by atoms with Gasteiger partial charge in [0.05, 0.1) is 6.54 Å². The molecule has 1 aromatic rings. The number of amides is 2. The van der Waals surface area contributed by atoms with Gasteiger partial charge in [0, 0.05) is 30.4 Å². The van der Waals surface area contributed by atoms with E-state index >= 15 is 0 Å². The second-order valence-electron chi connectivity index (χ2n) is 7.23. The van der Waals surface area contributed by atoms with Crippen LogP contribution in [-0.4, -0.2) is 36.3 Å². The maximum absolute atomic E-state index is 12.4. The molecule has 0 spiro atoms. The largest absolute Gasteiger partial charge is 0.376 e. The van der Waals surface area contributed by atoms with E-state index in [4.69, 9.17) is 0 Å². The zero-order valence-electron chi connectivity index (χ0n) is 14.6. The molecule has 1 saturated carbocycles. The quantitative estimate of drug-likeness (QED) is 0.873. The lowest BCUT2D eigenvalue weighted by atomic mass is 10.0. The fourth-order valence-electron chi connectivity index (χ4n) is 3.18. The van der Waals surface area contributed by atoms with Crippen LogP contribution >= 0.6 is 0 Å². The first-order chi connectivity index (χ1) is 11.5. The second kappa shape index (κ2) is 7.24. The molecule has 1 atom stereocenters. The van der Waals surface area contributed by atoms with Crippen LogP contribution in [0.2, 0.25) is 0 Å². The average molecular weight is 329 g/mol. The van der Waals surface area contributed by atoms with E-state index in [2.05, 4.69) is 17.6 Å². The van der Waals surface area contributed by atoms with Crippen molar-refractivity contribution in [2.45, 2.75) is 39.5 Å². The molecule has 1 heterocycles. The summed E-state index contributed by atoms with van der Waals surface area (Å²) >= 11 is 0. The van der Waals surface area contributed by atoms with Gasteiger partial charge in [0.25, 0.3) is 0 Å². The third-order valence-corrected chi connectivity index (χ3v) is 4.89. The Bertz CT molecular complexity index is 625. The highest BCUT2D eigenvalue weighted by molar-refractivity contribution is 5.94. The van der Waals surface area contributed by atoms with Crippen LogP contribution in [0.1, 0.15) is 38.2 Å². The summed E-state index contributed by atoms with van der Waals surface area (Å²) in [6, 6.07) is 5.80. The van der Waals surface area contributed by atoms with E-state index in [1.165, 1.54) is 6.42 Å². The van der Waals surface area contributed by atoms with Crippen molar-refractivity contribution < 1.29 is 9.59 Å². The minimum Gasteiger partial charge on any atom is -0.376 e. The number of hydrogen-bond acceptors (Lipinski definition) is 3. The molecule has 2 N–H and O–H groups in total. The Morgan fingerprint density at radius 3 is 2.75 bits per heavy atom. The number of piperidine rings is 1. The van der Waals surface area contributed by atoms with E-state index in [-0.39, 0.29) is 17.7 Å². The minimum absolute atomic E-state index is 0.100. The lowest BCUT2D eigenvalue weighted by Crippen LogP contribution is -2.42. The van der Waals surface area contributed by atoms with Gasteiger partial charge in [-0.05, 0) is 56.2 Å². The summed E-state index contributed by atoms with van der Waals surface area (Å²) in [6.07, 6.45) is 4.28. The number of nitrogens with one attached hydrogen (secondary N) is 2. The van der Waals surface area contributed by atoms with E-state index in [1.807, 2.05) is 30.0 Å². The monoisotopic (exact) mass is 329 g/mol. The molecule has 5 nitrogen and oxygen atoms in total. The Balaban J connectivity index is 1.57. The Hall–Kier alpha value is -2.04. The van der Waals surface area contributed by atoms with Gasteiger partial charge in [0.2, 0.25) is 11.8 Å². The fourth-order valence-corrected chi connectivity index (χ4v) is 3.18. The van der Waals surface area contributed by atoms with Crippen LogP contribution < -0.4 is 10.6 Å². The molecule has 0 bridgehead atoms. The average Bonchev–Trinajstić information content (AvgIpc) is 3.40. The Morgan fingerprint density at radius 2 is 2.04 bits per heavy atom. The van der Waals surface area contributed by atoms with Crippen LogP contribution in [0.3, 0.4) is 0 Å². The first-order valence-corrected chi connectivity index (χ1v) is 8.96. The third-order valence-electron chi connectivity index (χ3n) is 4.89. The van der Waals surface area contributed by atoms with E-state index in [0.717, 1.165) is 49.3 Å². The number of nitrogens with zero attached hydrogens (tertiary/aromatic N) is 1. The smallest absolute Gasteiger partial charge is 0.241 e. The molecule has 1 aliphatic heterocycles. The second-order valence-corrected chi connectivity index (χ2v) is 7.23. The van der Waals surface area contributed by atoms with Crippen molar-refractivity contribution in [3.63, 3.8) is 0 Å². The fraction of sp³-hybridized carbons (Fsp3) is 0.579. The van der Waals surface area contributed by atoms with Crippen LogP contribution in [0.5, 0.6) is 0 Å². The number of hydrogen-bond donors (Lipinski definition) is 2. The molecule has 2 fully saturated rings. The van der Waals surface area contributed by atoms with Crippen molar-refractivity contribution in [1.82, 2.24) is 4.90 Å². The van der Waals surface area contributed by atoms with Gasteiger partial charge >= 0.3 is 0 Å². The highest BCUT2D eigenvalue weighted by Crippen LogP contribution is 2.30. The SMILES string of the molecule is Cc1ccc(NC(=O)C2CC2)cc1NCC(=O)N1CCCC(C)C1. The van der Waals surface area contributed by atoms with Crippen LogP contribution in [0.15, 0.2) is 18.2 Å². The van der Waals surface area contributed by atoms with E-state index in [1.54, 1.807) is 0 Å². The Morgan fingerprint density at radius 1 is 1.25 bits per heavy atom. The predicted octanol–water partition coefficient (Wildman–Crippen LogP) is 3.01. The van der Waals surface area contributed by atoms with Crippen LogP contribution in [0, 0.1) is 18.8 Å². The molecule has 1 saturated heterocycles. The molecule has 0 radical (unpaired) electrons. The van der Waals surface area contributed by atoms with Gasteiger partial charge in [-0.2, -0.15) is 0 Å². The molecule has 2 amide bonds. The zero-order valence-corrected chi connectivity index (χ0v) is 14.6. The number of carbonyl (C=O) groups excluding carboxylic acids is 2. The molecule has 1 aromatic carbocycles. The molecule has 5 heteroatoms. The lowest BCUT2D eigenvalue weighted by molar-refractivity contribution is -0.131. The van der Waals surface area contributed by atoms with Crippen LogP contribution in [0.25, 0.3) is 0 Å². The van der Waals surface area contributed by atoms with E-state index in [0.29, 0.717) is 12.5 Å². The van der Waals surface area contributed by atoms with Crippen molar-refractivity contribution >= 4 is 23.2 Å². The van der Waals surface area contributed by atoms with Gasteiger partial charge in [0.1, 0.15) is 0 Å². The summed E-state index contributed by atoms with van der Waals surface area (Å²) in [4.78, 5) is 26.2. The standard InChI is InChI=1S/C19H27N3O2/c1-13-4-3-9-22(12-13)18(23)11-20-17-10-16(8-5-14(17)2)21-19(24)15-6-7-15/h5,8,10,13,15,20H,3-4,6-7,9,11-12H2,1-2H3,(H,21,24). The molecular weight excluding hydrogens is 302 g/mol. The Kier molecular flexibility index (Phi) is 5.07. The predicted molar refractivity (Wildman–Crippen MR) is 96.0 cm³/mol. The van der Waals surface area contributed by atoms with Gasteiger partial charge in [-0.15, -0.1) is 0 Å². The normalized spacial score (nSPS) is 20.6. The highest BCUT2D eigenvalue weighted by atomic mass is 16.2. The maximum atomic E-state index is 12.4. The van der Waals surface area contributed by atoms with Crippen LogP contribution in [-0.2, 0) is 9.59 Å². The van der Waals surface area contributed by atoms with Crippen molar-refractivity contribution in [2.24, 2.45) is 11.8 Å². The Labute approximate surface area is 143 Å². The number of carbonyl (C=O) groups is 2. The van der Waals surface area contributed by atoms with Gasteiger partial charge in [-0.1, -0.05) is 13.0 Å². The van der Waals surface area contributed by atoms with E-state index in [9.17, 15) is 9.59 Å². The topological polar surface area (TPSA) is 61.4 Å². The van der Waals surface area contributed by atoms with Crippen molar-refractivity contribution in [1.29, 1.82) is 0 Å². The van der Waals surface area contributed by atoms with Crippen molar-refractivity contribution in [3.05, 3.63) is 23.8 Å². The molecule has 130 valence electrons. The van der Waals surface area contributed by atoms with Crippen LogP contribution in [0.4, 0.5) is 11.4 Å². The van der Waals surface area contributed by atoms with Gasteiger partial charge in [0.15, 0.2) is 0 Å². The number of anilines is 2. The zero-order chi connectivity index (χ0) is 17.1. The van der Waals surface area contributed by atoms with E-state index < -0.39 is 0 Å². The first-order valence-electron chi connectivity index (χ1n) is 8.96. The van der Waals surface area contributed by atoms with Crippen molar-refractivity contribution in [2.75, 3.05) is 30.3 Å².